The number of aromatic nitrogens is 2. The maximum atomic E-state index is 12.5. The SMILES string of the molecule is CC(C)c1ccc(-c2nonc2NC(=O)c2cc([N+](=O)[O-])ccc2Cl)cc1. The van der Waals surface area contributed by atoms with Gasteiger partial charge in [-0.1, -0.05) is 49.7 Å². The average Bonchev–Trinajstić information content (AvgIpc) is 3.09. The van der Waals surface area contributed by atoms with E-state index in [1.165, 1.54) is 12.1 Å². The van der Waals surface area contributed by atoms with Gasteiger partial charge in [-0.25, -0.2) is 4.63 Å². The Kier molecular flexibility index (Phi) is 5.18. The van der Waals surface area contributed by atoms with Crippen LogP contribution in [0.4, 0.5) is 11.5 Å². The first kappa shape index (κ1) is 18.5. The van der Waals surface area contributed by atoms with E-state index in [1.807, 2.05) is 24.3 Å². The molecular formula is C18H15ClN4O4. The molecule has 3 rings (SSSR count). The Labute approximate surface area is 159 Å². The number of hydrogen-bond acceptors (Lipinski definition) is 6. The molecule has 0 aliphatic heterocycles. The first-order chi connectivity index (χ1) is 12.9. The van der Waals surface area contributed by atoms with Crippen LogP contribution in [0.5, 0.6) is 0 Å². The van der Waals surface area contributed by atoms with Gasteiger partial charge < -0.3 is 5.32 Å². The van der Waals surface area contributed by atoms with Gasteiger partial charge in [-0.2, -0.15) is 0 Å². The van der Waals surface area contributed by atoms with Crippen molar-refractivity contribution < 1.29 is 14.3 Å². The highest BCUT2D eigenvalue weighted by molar-refractivity contribution is 6.34. The van der Waals surface area contributed by atoms with Crippen molar-refractivity contribution in [3.63, 3.8) is 0 Å². The molecule has 1 N–H and O–H groups in total. The molecule has 27 heavy (non-hydrogen) atoms. The van der Waals surface area contributed by atoms with E-state index in [-0.39, 0.29) is 22.1 Å². The first-order valence-corrected chi connectivity index (χ1v) is 8.42. The summed E-state index contributed by atoms with van der Waals surface area (Å²) in [7, 11) is 0. The number of non-ortho nitro benzene ring substituents is 1. The fourth-order valence-corrected chi connectivity index (χ4v) is 2.66. The smallest absolute Gasteiger partial charge is 0.270 e. The molecule has 3 aromatic rings. The summed E-state index contributed by atoms with van der Waals surface area (Å²) in [6.45, 7) is 4.17. The maximum absolute atomic E-state index is 12.5. The van der Waals surface area contributed by atoms with Crippen molar-refractivity contribution in [1.29, 1.82) is 0 Å². The molecule has 0 fully saturated rings. The Morgan fingerprint density at radius 3 is 2.52 bits per heavy atom. The lowest BCUT2D eigenvalue weighted by atomic mass is 10.0. The van der Waals surface area contributed by atoms with Gasteiger partial charge in [-0.05, 0) is 27.9 Å². The van der Waals surface area contributed by atoms with Gasteiger partial charge in [0.05, 0.1) is 15.5 Å². The summed E-state index contributed by atoms with van der Waals surface area (Å²) in [6, 6.07) is 11.2. The second-order valence-corrected chi connectivity index (χ2v) is 6.52. The topological polar surface area (TPSA) is 111 Å². The molecule has 2 aromatic carbocycles. The van der Waals surface area contributed by atoms with Crippen molar-refractivity contribution in [3.8, 4) is 11.3 Å². The third-order valence-electron chi connectivity index (χ3n) is 3.98. The van der Waals surface area contributed by atoms with Gasteiger partial charge >= 0.3 is 0 Å². The number of carbonyl (C=O) groups excluding carboxylic acids is 1. The van der Waals surface area contributed by atoms with E-state index >= 15 is 0 Å². The first-order valence-electron chi connectivity index (χ1n) is 8.05. The van der Waals surface area contributed by atoms with Gasteiger partial charge in [0.25, 0.3) is 11.6 Å². The van der Waals surface area contributed by atoms with E-state index < -0.39 is 10.8 Å². The van der Waals surface area contributed by atoms with Gasteiger partial charge in [0.15, 0.2) is 5.69 Å². The van der Waals surface area contributed by atoms with Crippen molar-refractivity contribution in [2.45, 2.75) is 19.8 Å². The number of nitrogens with zero attached hydrogens (tertiary/aromatic N) is 3. The van der Waals surface area contributed by atoms with Crippen LogP contribution in [0.2, 0.25) is 5.02 Å². The van der Waals surface area contributed by atoms with E-state index in [4.69, 9.17) is 16.2 Å². The summed E-state index contributed by atoms with van der Waals surface area (Å²) in [5.41, 5.74) is 1.92. The molecule has 8 nitrogen and oxygen atoms in total. The number of nitrogens with one attached hydrogen (secondary N) is 1. The summed E-state index contributed by atoms with van der Waals surface area (Å²) >= 11 is 6.00. The van der Waals surface area contributed by atoms with E-state index in [9.17, 15) is 14.9 Å². The van der Waals surface area contributed by atoms with E-state index in [2.05, 4.69) is 29.5 Å². The average molecular weight is 387 g/mol. The standard InChI is InChI=1S/C18H15ClN4O4/c1-10(2)11-3-5-12(6-4-11)16-17(22-27-21-16)20-18(24)14-9-13(23(25)26)7-8-15(14)19/h3-10H,1-2H3,(H,20,22,24). The van der Waals surface area contributed by atoms with Crippen molar-refractivity contribution in [3.05, 3.63) is 68.7 Å². The van der Waals surface area contributed by atoms with Crippen molar-refractivity contribution in [2.24, 2.45) is 0 Å². The molecule has 1 aromatic heterocycles. The van der Waals surface area contributed by atoms with Gasteiger partial charge in [-0.3, -0.25) is 14.9 Å². The van der Waals surface area contributed by atoms with Gasteiger partial charge in [0, 0.05) is 17.7 Å². The fourth-order valence-electron chi connectivity index (χ4n) is 2.46. The number of nitro groups is 1. The number of nitro benzene ring substituents is 1. The number of amides is 1. The monoisotopic (exact) mass is 386 g/mol. The predicted octanol–water partition coefficient (Wildman–Crippen LogP) is 4.67. The van der Waals surface area contributed by atoms with E-state index in [0.29, 0.717) is 17.2 Å². The van der Waals surface area contributed by atoms with Crippen LogP contribution in [0.1, 0.15) is 35.7 Å². The number of rotatable bonds is 5. The predicted molar refractivity (Wildman–Crippen MR) is 99.9 cm³/mol. The number of halogens is 1. The minimum Gasteiger partial charge on any atom is -0.302 e. The van der Waals surface area contributed by atoms with Gasteiger partial charge in [0.2, 0.25) is 5.82 Å². The minimum atomic E-state index is -0.653. The zero-order valence-electron chi connectivity index (χ0n) is 14.5. The molecule has 0 aliphatic carbocycles. The van der Waals surface area contributed by atoms with Crippen LogP contribution in [0.3, 0.4) is 0 Å². The van der Waals surface area contributed by atoms with Gasteiger partial charge in [-0.15, -0.1) is 0 Å². The quantitative estimate of drug-likeness (QED) is 0.503. The molecule has 1 amide bonds. The summed E-state index contributed by atoms with van der Waals surface area (Å²) in [5.74, 6) is -0.177. The minimum absolute atomic E-state index is 0.0463. The molecule has 0 radical (unpaired) electrons. The molecule has 1 heterocycles. The Morgan fingerprint density at radius 2 is 1.89 bits per heavy atom. The maximum Gasteiger partial charge on any atom is 0.270 e. The second kappa shape index (κ2) is 7.55. The van der Waals surface area contributed by atoms with Crippen LogP contribution < -0.4 is 5.32 Å². The zero-order valence-corrected chi connectivity index (χ0v) is 15.2. The van der Waals surface area contributed by atoms with E-state index in [0.717, 1.165) is 11.6 Å². The number of carbonyl (C=O) groups is 1. The summed E-state index contributed by atoms with van der Waals surface area (Å²) in [5, 5.41) is 21.1. The highest BCUT2D eigenvalue weighted by Gasteiger charge is 2.20. The molecule has 0 spiro atoms. The lowest BCUT2D eigenvalue weighted by molar-refractivity contribution is -0.384. The normalized spacial score (nSPS) is 10.8. The largest absolute Gasteiger partial charge is 0.302 e. The zero-order chi connectivity index (χ0) is 19.6. The molecule has 9 heteroatoms. The summed E-state index contributed by atoms with van der Waals surface area (Å²) in [6.07, 6.45) is 0. The highest BCUT2D eigenvalue weighted by atomic mass is 35.5. The molecule has 0 saturated heterocycles. The third kappa shape index (κ3) is 3.95. The molecule has 0 bridgehead atoms. The lowest BCUT2D eigenvalue weighted by Gasteiger charge is -2.07. The van der Waals surface area contributed by atoms with Crippen molar-refractivity contribution in [1.82, 2.24) is 10.3 Å². The lowest BCUT2D eigenvalue weighted by Crippen LogP contribution is -2.13. The Hall–Kier alpha value is -3.26. The number of benzene rings is 2. The highest BCUT2D eigenvalue weighted by Crippen LogP contribution is 2.28. The Morgan fingerprint density at radius 1 is 1.19 bits per heavy atom. The van der Waals surface area contributed by atoms with Crippen molar-refractivity contribution >= 4 is 29.0 Å². The van der Waals surface area contributed by atoms with Crippen LogP contribution in [0, 0.1) is 10.1 Å². The van der Waals surface area contributed by atoms with Gasteiger partial charge in [0.1, 0.15) is 0 Å². The second-order valence-electron chi connectivity index (χ2n) is 6.11. The number of hydrogen-bond donors (Lipinski definition) is 1. The van der Waals surface area contributed by atoms with Crippen LogP contribution in [0.15, 0.2) is 47.1 Å². The number of anilines is 1. The third-order valence-corrected chi connectivity index (χ3v) is 4.31. The van der Waals surface area contributed by atoms with Crippen molar-refractivity contribution in [2.75, 3.05) is 5.32 Å². The molecule has 0 aliphatic rings. The van der Waals surface area contributed by atoms with Crippen LogP contribution in [-0.4, -0.2) is 21.1 Å². The molecule has 0 unspecified atom stereocenters. The molecule has 138 valence electrons. The van der Waals surface area contributed by atoms with Crippen LogP contribution in [0.25, 0.3) is 11.3 Å². The molecule has 0 atom stereocenters. The van der Waals surface area contributed by atoms with Crippen LogP contribution >= 0.6 is 11.6 Å². The fraction of sp³-hybridized carbons (Fsp3) is 0.167. The van der Waals surface area contributed by atoms with E-state index in [1.54, 1.807) is 0 Å². The summed E-state index contributed by atoms with van der Waals surface area (Å²) in [4.78, 5) is 22.8. The summed E-state index contributed by atoms with van der Waals surface area (Å²) < 4.78 is 4.75. The Bertz CT molecular complexity index is 999. The van der Waals surface area contributed by atoms with Crippen LogP contribution in [-0.2, 0) is 0 Å². The Balaban J connectivity index is 1.87. The molecular weight excluding hydrogens is 372 g/mol. The molecule has 0 saturated carbocycles.